The van der Waals surface area contributed by atoms with E-state index in [-0.39, 0.29) is 24.8 Å². The second kappa shape index (κ2) is 10.6. The van der Waals surface area contributed by atoms with E-state index in [0.717, 1.165) is 39.1 Å². The van der Waals surface area contributed by atoms with Crippen LogP contribution >= 0.6 is 11.6 Å². The van der Waals surface area contributed by atoms with Crippen molar-refractivity contribution in [2.75, 3.05) is 50.8 Å². The minimum atomic E-state index is -0.516. The first-order valence-electron chi connectivity index (χ1n) is 11.5. The van der Waals surface area contributed by atoms with Gasteiger partial charge in [-0.2, -0.15) is 0 Å². The van der Waals surface area contributed by atoms with Crippen molar-refractivity contribution in [3.63, 3.8) is 0 Å². The van der Waals surface area contributed by atoms with Crippen LogP contribution in [0.3, 0.4) is 0 Å². The number of benzene rings is 1. The minimum absolute atomic E-state index is 0.0644. The highest BCUT2D eigenvalue weighted by Crippen LogP contribution is 2.29. The predicted molar refractivity (Wildman–Crippen MR) is 122 cm³/mol. The van der Waals surface area contributed by atoms with Gasteiger partial charge in [-0.15, -0.1) is 0 Å². The minimum Gasteiger partial charge on any atom is -0.381 e. The molecule has 1 aromatic rings. The first-order chi connectivity index (χ1) is 15.5. The Kier molecular flexibility index (Phi) is 7.65. The van der Waals surface area contributed by atoms with Crippen LogP contribution in [-0.2, 0) is 9.53 Å². The van der Waals surface area contributed by atoms with Crippen LogP contribution < -0.4 is 15.5 Å². The molecule has 174 valence electrons. The fourth-order valence-electron chi connectivity index (χ4n) is 4.58. The lowest BCUT2D eigenvalue weighted by Gasteiger charge is -2.33. The number of urea groups is 1. The van der Waals surface area contributed by atoms with Crippen molar-refractivity contribution in [1.29, 1.82) is 0 Å². The van der Waals surface area contributed by atoms with Gasteiger partial charge >= 0.3 is 6.03 Å². The van der Waals surface area contributed by atoms with Crippen molar-refractivity contribution in [1.82, 2.24) is 15.5 Å². The van der Waals surface area contributed by atoms with Crippen LogP contribution in [0.4, 0.5) is 10.5 Å². The first kappa shape index (κ1) is 23.0. The summed E-state index contributed by atoms with van der Waals surface area (Å²) in [4.78, 5) is 40.0. The third-order valence-electron chi connectivity index (χ3n) is 6.61. The Hall–Kier alpha value is -2.16. The van der Waals surface area contributed by atoms with Crippen LogP contribution in [-0.4, -0.2) is 68.7 Å². The Bertz CT molecular complexity index is 850. The maximum absolute atomic E-state index is 13.1. The number of nitrogens with one attached hydrogen (secondary N) is 2. The maximum atomic E-state index is 13.1. The number of likely N-dealkylation sites (tertiary alicyclic amines) is 1. The van der Waals surface area contributed by atoms with E-state index in [1.165, 1.54) is 17.7 Å². The van der Waals surface area contributed by atoms with E-state index in [1.54, 1.807) is 18.2 Å². The van der Waals surface area contributed by atoms with Gasteiger partial charge < -0.3 is 15.0 Å². The molecule has 0 aliphatic carbocycles. The summed E-state index contributed by atoms with van der Waals surface area (Å²) in [6, 6.07) is 4.46. The highest BCUT2D eigenvalue weighted by Gasteiger charge is 2.28. The molecule has 3 aliphatic rings. The van der Waals surface area contributed by atoms with Crippen molar-refractivity contribution >= 4 is 35.1 Å². The summed E-state index contributed by atoms with van der Waals surface area (Å²) in [5.41, 5.74) is 0.943. The van der Waals surface area contributed by atoms with Crippen LogP contribution in [0.25, 0.3) is 0 Å². The van der Waals surface area contributed by atoms with Gasteiger partial charge in [0.2, 0.25) is 5.91 Å². The summed E-state index contributed by atoms with van der Waals surface area (Å²) < 4.78 is 5.99. The molecule has 4 amide bonds. The number of hydrogen-bond donors (Lipinski definition) is 2. The van der Waals surface area contributed by atoms with Crippen LogP contribution in [0.2, 0.25) is 5.02 Å². The zero-order chi connectivity index (χ0) is 22.5. The average Bonchev–Trinajstić information content (AvgIpc) is 2.80. The monoisotopic (exact) mass is 462 g/mol. The number of halogens is 1. The molecule has 0 radical (unpaired) electrons. The number of amides is 4. The second-order valence-corrected chi connectivity index (χ2v) is 9.29. The summed E-state index contributed by atoms with van der Waals surface area (Å²) in [6.45, 7) is 5.39. The smallest absolute Gasteiger partial charge is 0.328 e. The number of nitrogens with zero attached hydrogens (tertiary/aromatic N) is 2. The number of carbonyl (C=O) groups excluding carboxylic acids is 3. The summed E-state index contributed by atoms with van der Waals surface area (Å²) >= 11 is 6.30. The Morgan fingerprint density at radius 2 is 1.72 bits per heavy atom. The SMILES string of the molecule is O=C1CCN(c2cc(C(=O)N3CCC(COCC4CCNCC4)CC3)ccc2Cl)C(=O)N1. The molecular formula is C23H31ClN4O4. The summed E-state index contributed by atoms with van der Waals surface area (Å²) in [5, 5.41) is 6.04. The number of hydrogen-bond acceptors (Lipinski definition) is 5. The van der Waals surface area contributed by atoms with Crippen molar-refractivity contribution in [2.45, 2.75) is 32.1 Å². The number of piperidine rings is 2. The van der Waals surface area contributed by atoms with Crippen LogP contribution in [0.1, 0.15) is 42.5 Å². The quantitative estimate of drug-likeness (QED) is 0.678. The molecule has 4 rings (SSSR count). The molecule has 0 unspecified atom stereocenters. The standard InChI is InChI=1S/C23H31ClN4O4/c24-19-2-1-18(13-20(19)28-12-7-21(29)26-23(28)31)22(30)27-10-5-17(6-11-27)15-32-14-16-3-8-25-9-4-16/h1-2,13,16-17,25H,3-12,14-15H2,(H,26,29,31). The number of ether oxygens (including phenoxy) is 1. The van der Waals surface area contributed by atoms with Crippen molar-refractivity contribution in [3.05, 3.63) is 28.8 Å². The molecule has 9 heteroatoms. The molecule has 32 heavy (non-hydrogen) atoms. The Morgan fingerprint density at radius 1 is 1.03 bits per heavy atom. The van der Waals surface area contributed by atoms with Crippen LogP contribution in [0.5, 0.6) is 0 Å². The van der Waals surface area contributed by atoms with Crippen molar-refractivity contribution < 1.29 is 19.1 Å². The van der Waals surface area contributed by atoms with E-state index in [0.29, 0.717) is 41.2 Å². The van der Waals surface area contributed by atoms with Gasteiger partial charge in [0.1, 0.15) is 0 Å². The van der Waals surface area contributed by atoms with Gasteiger partial charge in [0, 0.05) is 44.8 Å². The van der Waals surface area contributed by atoms with Gasteiger partial charge in [0.05, 0.1) is 10.7 Å². The first-order valence-corrected chi connectivity index (χ1v) is 11.9. The van der Waals surface area contributed by atoms with Crippen LogP contribution in [0.15, 0.2) is 18.2 Å². The van der Waals surface area contributed by atoms with Gasteiger partial charge in [0.15, 0.2) is 0 Å². The van der Waals surface area contributed by atoms with E-state index in [9.17, 15) is 14.4 Å². The molecule has 0 spiro atoms. The number of carbonyl (C=O) groups is 3. The van der Waals surface area contributed by atoms with Crippen molar-refractivity contribution in [2.24, 2.45) is 11.8 Å². The second-order valence-electron chi connectivity index (χ2n) is 8.89. The fraction of sp³-hybridized carbons (Fsp3) is 0.609. The van der Waals surface area contributed by atoms with Gasteiger partial charge in [0.25, 0.3) is 5.91 Å². The zero-order valence-electron chi connectivity index (χ0n) is 18.3. The number of imide groups is 1. The van der Waals surface area contributed by atoms with Gasteiger partial charge in [-0.3, -0.25) is 19.8 Å². The molecular weight excluding hydrogens is 432 g/mol. The third kappa shape index (κ3) is 5.60. The molecule has 0 atom stereocenters. The highest BCUT2D eigenvalue weighted by molar-refractivity contribution is 6.34. The molecule has 0 aromatic heterocycles. The lowest BCUT2D eigenvalue weighted by atomic mass is 9.96. The van der Waals surface area contributed by atoms with E-state index in [1.807, 2.05) is 4.90 Å². The molecule has 0 saturated carbocycles. The van der Waals surface area contributed by atoms with Gasteiger partial charge in [-0.25, -0.2) is 4.79 Å². The summed E-state index contributed by atoms with van der Waals surface area (Å²) in [6.07, 6.45) is 4.43. The normalized spacial score (nSPS) is 21.0. The summed E-state index contributed by atoms with van der Waals surface area (Å²) in [5.74, 6) is 0.774. The molecule has 3 fully saturated rings. The molecule has 0 bridgehead atoms. The average molecular weight is 463 g/mol. The van der Waals surface area contributed by atoms with Gasteiger partial charge in [-0.05, 0) is 68.8 Å². The van der Waals surface area contributed by atoms with Gasteiger partial charge in [-0.1, -0.05) is 11.6 Å². The number of anilines is 1. The largest absolute Gasteiger partial charge is 0.381 e. The predicted octanol–water partition coefficient (Wildman–Crippen LogP) is 2.65. The van der Waals surface area contributed by atoms with E-state index < -0.39 is 6.03 Å². The Labute approximate surface area is 193 Å². The van der Waals surface area contributed by atoms with E-state index in [2.05, 4.69) is 10.6 Å². The Morgan fingerprint density at radius 3 is 2.41 bits per heavy atom. The fourth-order valence-corrected chi connectivity index (χ4v) is 4.80. The zero-order valence-corrected chi connectivity index (χ0v) is 19.0. The third-order valence-corrected chi connectivity index (χ3v) is 6.93. The molecule has 2 N–H and O–H groups in total. The Balaban J connectivity index is 1.29. The van der Waals surface area contributed by atoms with Crippen molar-refractivity contribution in [3.8, 4) is 0 Å². The molecule has 3 aliphatic heterocycles. The topological polar surface area (TPSA) is 91.0 Å². The number of rotatable bonds is 6. The lowest BCUT2D eigenvalue weighted by Crippen LogP contribution is -2.49. The van der Waals surface area contributed by atoms with E-state index >= 15 is 0 Å². The summed E-state index contributed by atoms with van der Waals surface area (Å²) in [7, 11) is 0. The lowest BCUT2D eigenvalue weighted by molar-refractivity contribution is -0.120. The molecule has 1 aromatic carbocycles. The highest BCUT2D eigenvalue weighted by atomic mass is 35.5. The molecule has 3 saturated heterocycles. The van der Waals surface area contributed by atoms with E-state index in [4.69, 9.17) is 16.3 Å². The van der Waals surface area contributed by atoms with Crippen LogP contribution in [0, 0.1) is 11.8 Å². The molecule has 8 nitrogen and oxygen atoms in total. The molecule has 3 heterocycles. The maximum Gasteiger partial charge on any atom is 0.328 e.